The zero-order valence-corrected chi connectivity index (χ0v) is 5.59. The summed E-state index contributed by atoms with van der Waals surface area (Å²) in [6.45, 7) is 0. The molecule has 0 aromatic carbocycles. The van der Waals surface area contributed by atoms with E-state index in [2.05, 4.69) is 0 Å². The molecule has 0 bridgehead atoms. The maximum absolute atomic E-state index is 11.2. The molecule has 0 saturated heterocycles. The van der Waals surface area contributed by atoms with Crippen LogP contribution in [0.25, 0.3) is 0 Å². The molecule has 1 nitrogen and oxygen atoms in total. The van der Waals surface area contributed by atoms with Crippen LogP contribution < -0.4 is 0 Å². The molecule has 0 N–H and O–H groups in total. The van der Waals surface area contributed by atoms with E-state index in [1.54, 1.807) is 0 Å². The highest BCUT2D eigenvalue weighted by Gasteiger charge is 1.81. The second kappa shape index (κ2) is 3.17. The van der Waals surface area contributed by atoms with Crippen LogP contribution in [0.5, 0.6) is 0 Å². The molecule has 0 unspecified atom stereocenters. The molecule has 4 heteroatoms. The Morgan fingerprint density at radius 3 is 2.20 bits per heavy atom. The van der Waals surface area contributed by atoms with E-state index >= 15 is 0 Å². The van der Waals surface area contributed by atoms with Gasteiger partial charge in [0.1, 0.15) is 0 Å². The Kier molecular flexibility index (Phi) is 3.79. The molecule has 0 atom stereocenters. The molecule has 0 spiro atoms. The Morgan fingerprint density at radius 1 is 2.00 bits per heavy atom. The first kappa shape index (κ1) is 5.97. The van der Waals surface area contributed by atoms with Gasteiger partial charge in [0, 0.05) is 37.4 Å². The normalized spacial score (nSPS) is 9.60. The SMILES string of the molecule is CN(F)SI. The van der Waals surface area contributed by atoms with Crippen LogP contribution in [0.1, 0.15) is 0 Å². The number of halogens is 2. The predicted molar refractivity (Wildman–Crippen MR) is 30.5 cm³/mol. The zero-order valence-electron chi connectivity index (χ0n) is 2.61. The molecule has 0 rings (SSSR count). The number of hydrogen-bond acceptors (Lipinski definition) is 2. The third kappa shape index (κ3) is 4.97. The molecule has 0 aromatic rings. The lowest BCUT2D eigenvalue weighted by atomic mass is 11.6. The van der Waals surface area contributed by atoms with Crippen molar-refractivity contribution >= 4 is 30.3 Å². The van der Waals surface area contributed by atoms with Crippen LogP contribution in [0.3, 0.4) is 0 Å². The van der Waals surface area contributed by atoms with E-state index < -0.39 is 0 Å². The Bertz CT molecular complexity index is 25.6. The van der Waals surface area contributed by atoms with Crippen LogP contribution in [0, 0.1) is 0 Å². The smallest absolute Gasteiger partial charge is 0.0302 e. The van der Waals surface area contributed by atoms with Crippen molar-refractivity contribution in [3.8, 4) is 0 Å². The summed E-state index contributed by atoms with van der Waals surface area (Å²) in [6.07, 6.45) is 0. The molecule has 0 aliphatic carbocycles. The summed E-state index contributed by atoms with van der Waals surface area (Å²) in [5.41, 5.74) is 0. The van der Waals surface area contributed by atoms with E-state index in [4.69, 9.17) is 0 Å². The summed E-state index contributed by atoms with van der Waals surface area (Å²) in [5.74, 6) is 0. The first-order chi connectivity index (χ1) is 2.27. The summed E-state index contributed by atoms with van der Waals surface area (Å²) < 4.78 is 11.7. The van der Waals surface area contributed by atoms with Gasteiger partial charge in [0.05, 0.1) is 0 Å². The lowest BCUT2D eigenvalue weighted by Crippen LogP contribution is -1.84. The van der Waals surface area contributed by atoms with Crippen molar-refractivity contribution in [1.29, 1.82) is 0 Å². The third-order valence-corrected chi connectivity index (χ3v) is 1.91. The Morgan fingerprint density at radius 2 is 2.20 bits per heavy atom. The van der Waals surface area contributed by atoms with E-state index in [9.17, 15) is 4.48 Å². The van der Waals surface area contributed by atoms with E-state index in [1.165, 1.54) is 7.05 Å². The van der Waals surface area contributed by atoms with Gasteiger partial charge in [-0.15, -0.1) is 4.48 Å². The van der Waals surface area contributed by atoms with E-state index in [0.717, 1.165) is 9.12 Å². The van der Waals surface area contributed by atoms with Crippen LogP contribution in [0.2, 0.25) is 0 Å². The van der Waals surface area contributed by atoms with Gasteiger partial charge in [-0.25, -0.2) is 0 Å². The van der Waals surface area contributed by atoms with Crippen molar-refractivity contribution in [3.63, 3.8) is 0 Å². The topological polar surface area (TPSA) is 3.24 Å². The third-order valence-electron chi connectivity index (χ3n) is 0.0951. The highest BCUT2D eigenvalue weighted by Crippen LogP contribution is 2.14. The lowest BCUT2D eigenvalue weighted by molar-refractivity contribution is 0.204. The van der Waals surface area contributed by atoms with Gasteiger partial charge in [-0.3, -0.25) is 0 Å². The van der Waals surface area contributed by atoms with Gasteiger partial charge < -0.3 is 0 Å². The van der Waals surface area contributed by atoms with Crippen molar-refractivity contribution in [2.45, 2.75) is 0 Å². The molecular weight excluding hydrogens is 204 g/mol. The minimum absolute atomic E-state index is 0.528. The zero-order chi connectivity index (χ0) is 4.28. The van der Waals surface area contributed by atoms with Crippen molar-refractivity contribution in [2.24, 2.45) is 0 Å². The lowest BCUT2D eigenvalue weighted by Gasteiger charge is -1.89. The predicted octanol–water partition coefficient (Wildman–Crippen LogP) is 1.80. The first-order valence-corrected chi connectivity index (χ1v) is 4.27. The van der Waals surface area contributed by atoms with Gasteiger partial charge >= 0.3 is 0 Å². The molecule has 0 aliphatic rings. The molecule has 0 fully saturated rings. The molecule has 32 valence electrons. The van der Waals surface area contributed by atoms with Crippen molar-refractivity contribution in [2.75, 3.05) is 7.05 Å². The largest absolute Gasteiger partial charge is 0.122 e. The van der Waals surface area contributed by atoms with Crippen LogP contribution in [-0.2, 0) is 0 Å². The average molecular weight is 207 g/mol. The fourth-order valence-electron chi connectivity index (χ4n) is 0. The second-order valence-corrected chi connectivity index (χ2v) is 2.31. The van der Waals surface area contributed by atoms with Gasteiger partial charge in [0.2, 0.25) is 0 Å². The molecule has 0 aliphatic heterocycles. The Labute approximate surface area is 46.6 Å². The highest BCUT2D eigenvalue weighted by atomic mass is 127. The van der Waals surface area contributed by atoms with Crippen LogP contribution in [0.4, 0.5) is 4.48 Å². The van der Waals surface area contributed by atoms with Gasteiger partial charge in [0.25, 0.3) is 0 Å². The fourth-order valence-corrected chi connectivity index (χ4v) is 0. The minimum atomic E-state index is 0.528. The average Bonchev–Trinajstić information content (AvgIpc) is 1.38. The van der Waals surface area contributed by atoms with Crippen molar-refractivity contribution in [3.05, 3.63) is 0 Å². The number of nitrogens with zero attached hydrogens (tertiary/aromatic N) is 1. The van der Waals surface area contributed by atoms with Crippen molar-refractivity contribution in [1.82, 2.24) is 4.53 Å². The Hall–Kier alpha value is 0.970. The van der Waals surface area contributed by atoms with Gasteiger partial charge in [-0.2, -0.15) is 0 Å². The van der Waals surface area contributed by atoms with E-state index in [-0.39, 0.29) is 0 Å². The summed E-state index contributed by atoms with van der Waals surface area (Å²) in [6, 6.07) is 0. The standard InChI is InChI=1S/CH3FINS/c1-4(2)5-3/h1H3. The monoisotopic (exact) mass is 207 g/mol. The summed E-state index contributed by atoms with van der Waals surface area (Å²) in [4.78, 5) is 0. The summed E-state index contributed by atoms with van der Waals surface area (Å²) >= 11 is 1.85. The maximum atomic E-state index is 11.2. The summed E-state index contributed by atoms with van der Waals surface area (Å²) in [5, 5.41) is 0. The molecule has 0 amide bonds. The maximum Gasteiger partial charge on any atom is 0.0302 e. The second-order valence-electron chi connectivity index (χ2n) is 0.490. The Balaban J connectivity index is 2.54. The fraction of sp³-hybridized carbons (Fsp3) is 1.00. The van der Waals surface area contributed by atoms with Crippen LogP contribution >= 0.6 is 30.3 Å². The van der Waals surface area contributed by atoms with E-state index in [1.807, 2.05) is 21.2 Å². The molecular formula is CH3FINS. The molecule has 0 saturated carbocycles. The molecule has 0 aromatic heterocycles. The first-order valence-electron chi connectivity index (χ1n) is 0.953. The van der Waals surface area contributed by atoms with Gasteiger partial charge in [-0.1, -0.05) is 4.53 Å². The van der Waals surface area contributed by atoms with Gasteiger partial charge in [0.15, 0.2) is 0 Å². The molecule has 0 heterocycles. The quantitative estimate of drug-likeness (QED) is 0.366. The minimum Gasteiger partial charge on any atom is -0.122 e. The van der Waals surface area contributed by atoms with Crippen LogP contribution in [0.15, 0.2) is 0 Å². The highest BCUT2D eigenvalue weighted by molar-refractivity contribution is 14.2. The summed E-state index contributed by atoms with van der Waals surface area (Å²) in [7, 11) is 2.36. The van der Waals surface area contributed by atoms with Crippen LogP contribution in [-0.4, -0.2) is 11.6 Å². The molecule has 0 radical (unpaired) electrons. The van der Waals surface area contributed by atoms with Crippen molar-refractivity contribution < 1.29 is 4.48 Å². The van der Waals surface area contributed by atoms with E-state index in [0.29, 0.717) is 4.53 Å². The van der Waals surface area contributed by atoms with Gasteiger partial charge in [-0.05, 0) is 0 Å². The number of hydrogen-bond donors (Lipinski definition) is 0. The number of rotatable bonds is 1. The molecule has 5 heavy (non-hydrogen) atoms.